The average Bonchev–Trinajstić information content (AvgIpc) is 3.82. The minimum Gasteiger partial charge on any atom is -0.456 e. The molecule has 0 fully saturated rings. The summed E-state index contributed by atoms with van der Waals surface area (Å²) < 4.78 is 12.4. The van der Waals surface area contributed by atoms with E-state index < -0.39 is 0 Å². The van der Waals surface area contributed by atoms with Crippen molar-refractivity contribution in [3.8, 4) is 56.4 Å². The van der Waals surface area contributed by atoms with Crippen LogP contribution in [0.25, 0.3) is 111 Å². The largest absolute Gasteiger partial charge is 0.456 e. The number of nitrogens with zero attached hydrogens (tertiary/aromatic N) is 4. The number of benzene rings is 7. The van der Waals surface area contributed by atoms with Gasteiger partial charge in [-0.3, -0.25) is 0 Å². The molecule has 4 aromatic heterocycles. The Hall–Kier alpha value is -7.44. The van der Waals surface area contributed by atoms with Crippen molar-refractivity contribution in [3.63, 3.8) is 0 Å². The Kier molecular flexibility index (Phi) is 6.75. The minimum absolute atomic E-state index is 0.571. The zero-order valence-electron chi connectivity index (χ0n) is 28.8. The maximum atomic E-state index is 6.24. The third-order valence-corrected chi connectivity index (χ3v) is 10.3. The van der Waals surface area contributed by atoms with E-state index in [0.717, 1.165) is 71.7 Å². The van der Waals surface area contributed by atoms with Gasteiger partial charge in [0.1, 0.15) is 16.7 Å². The fourth-order valence-electron chi connectivity index (χ4n) is 7.78. The van der Waals surface area contributed by atoms with Gasteiger partial charge in [0.25, 0.3) is 0 Å². The van der Waals surface area contributed by atoms with Gasteiger partial charge in [-0.15, -0.1) is 0 Å². The fourth-order valence-corrected chi connectivity index (χ4v) is 7.78. The molecule has 54 heavy (non-hydrogen) atoms. The highest BCUT2D eigenvalue weighted by molar-refractivity contribution is 6.16. The summed E-state index contributed by atoms with van der Waals surface area (Å²) in [6.07, 6.45) is 1.74. The first kappa shape index (κ1) is 30.2. The lowest BCUT2D eigenvalue weighted by Gasteiger charge is -2.13. The molecule has 0 amide bonds. The Labute approximate surface area is 309 Å². The van der Waals surface area contributed by atoms with Crippen LogP contribution in [-0.2, 0) is 0 Å². The Morgan fingerprint density at radius 2 is 0.852 bits per heavy atom. The molecule has 4 heterocycles. The molecular weight excluding hydrogens is 665 g/mol. The molecule has 11 aromatic rings. The first-order chi connectivity index (χ1) is 26.8. The highest BCUT2D eigenvalue weighted by Gasteiger charge is 2.19. The fraction of sp³-hybridized carbons (Fsp3) is 0. The van der Waals surface area contributed by atoms with E-state index >= 15 is 0 Å². The summed E-state index contributed by atoms with van der Waals surface area (Å²) in [6.45, 7) is 0. The molecule has 7 aromatic carbocycles. The second kappa shape index (κ2) is 12.1. The van der Waals surface area contributed by atoms with Crippen LogP contribution in [0.1, 0.15) is 0 Å². The molecule has 0 unspecified atom stereocenters. The SMILES string of the molecule is c1ccc(-c2nc(-c3ccc(-c4cccc5c(-c6cccc7oc8ccccc8c67)cccc45)cc3)nc(-c3cccc4oc5ncccc5c34)n2)cc1. The second-order valence-corrected chi connectivity index (χ2v) is 13.4. The summed E-state index contributed by atoms with van der Waals surface area (Å²) in [6, 6.07) is 56.1. The van der Waals surface area contributed by atoms with Crippen LogP contribution in [0.2, 0.25) is 0 Å². The highest BCUT2D eigenvalue weighted by atomic mass is 16.3. The van der Waals surface area contributed by atoms with E-state index in [9.17, 15) is 0 Å². The van der Waals surface area contributed by atoms with Gasteiger partial charge in [0.15, 0.2) is 17.5 Å². The van der Waals surface area contributed by atoms with Crippen LogP contribution in [0, 0.1) is 0 Å². The number of furan rings is 2. The molecule has 0 saturated heterocycles. The monoisotopic (exact) mass is 692 g/mol. The van der Waals surface area contributed by atoms with Crippen molar-refractivity contribution in [2.24, 2.45) is 0 Å². The van der Waals surface area contributed by atoms with Crippen molar-refractivity contribution < 1.29 is 8.83 Å². The molecule has 0 N–H and O–H groups in total. The molecule has 252 valence electrons. The topological polar surface area (TPSA) is 77.8 Å². The number of aromatic nitrogens is 4. The summed E-state index contributed by atoms with van der Waals surface area (Å²) in [5.41, 5.74) is 10.4. The van der Waals surface area contributed by atoms with E-state index in [1.165, 1.54) is 16.3 Å². The van der Waals surface area contributed by atoms with Crippen LogP contribution in [-0.4, -0.2) is 19.9 Å². The zero-order valence-corrected chi connectivity index (χ0v) is 28.8. The predicted octanol–water partition coefficient (Wildman–Crippen LogP) is 12.6. The Morgan fingerprint density at radius 1 is 0.315 bits per heavy atom. The molecule has 0 aliphatic rings. The number of pyridine rings is 1. The maximum absolute atomic E-state index is 6.24. The molecule has 0 aliphatic carbocycles. The van der Waals surface area contributed by atoms with Crippen LogP contribution >= 0.6 is 0 Å². The quantitative estimate of drug-likeness (QED) is 0.179. The van der Waals surface area contributed by atoms with Crippen LogP contribution in [0.5, 0.6) is 0 Å². The predicted molar refractivity (Wildman–Crippen MR) is 217 cm³/mol. The van der Waals surface area contributed by atoms with Gasteiger partial charge in [0, 0.05) is 44.4 Å². The number of para-hydroxylation sites is 1. The molecule has 0 radical (unpaired) electrons. The molecule has 0 aliphatic heterocycles. The smallest absolute Gasteiger partial charge is 0.227 e. The number of hydrogen-bond acceptors (Lipinski definition) is 6. The Morgan fingerprint density at radius 3 is 1.67 bits per heavy atom. The molecule has 6 nitrogen and oxygen atoms in total. The first-order valence-corrected chi connectivity index (χ1v) is 17.9. The third kappa shape index (κ3) is 4.81. The van der Waals surface area contributed by atoms with Gasteiger partial charge in [-0.25, -0.2) is 19.9 Å². The van der Waals surface area contributed by atoms with E-state index in [1.807, 2.05) is 78.9 Å². The number of hydrogen-bond donors (Lipinski definition) is 0. The lowest BCUT2D eigenvalue weighted by atomic mass is 9.91. The van der Waals surface area contributed by atoms with E-state index in [-0.39, 0.29) is 0 Å². The van der Waals surface area contributed by atoms with Gasteiger partial charge in [-0.2, -0.15) is 0 Å². The van der Waals surface area contributed by atoms with E-state index in [1.54, 1.807) is 6.20 Å². The van der Waals surface area contributed by atoms with Crippen LogP contribution in [0.15, 0.2) is 179 Å². The highest BCUT2D eigenvalue weighted by Crippen LogP contribution is 2.41. The average molecular weight is 693 g/mol. The van der Waals surface area contributed by atoms with E-state index in [2.05, 4.69) is 89.9 Å². The zero-order chi connectivity index (χ0) is 35.6. The maximum Gasteiger partial charge on any atom is 0.227 e. The molecule has 6 heteroatoms. The second-order valence-electron chi connectivity index (χ2n) is 13.4. The standard InChI is InChI=1S/C48H28N4O2/c1-2-11-30(12-3-1)45-50-46(52-47(51-45)38-19-9-23-42-44(38)39-20-10-28-49-48(39)54-42)31-26-24-29(25-27-31)32-14-6-16-34-33(32)15-7-17-35(34)36-18-8-22-41-43(36)37-13-4-5-21-40(37)53-41/h1-28H. The van der Waals surface area contributed by atoms with Crippen molar-refractivity contribution in [1.29, 1.82) is 0 Å². The molecular formula is C48H28N4O2. The molecule has 0 bridgehead atoms. The van der Waals surface area contributed by atoms with E-state index in [0.29, 0.717) is 23.2 Å². The van der Waals surface area contributed by atoms with Gasteiger partial charge in [0.05, 0.1) is 0 Å². The van der Waals surface area contributed by atoms with Crippen molar-refractivity contribution >= 4 is 54.8 Å². The van der Waals surface area contributed by atoms with Crippen molar-refractivity contribution in [1.82, 2.24) is 19.9 Å². The van der Waals surface area contributed by atoms with Crippen molar-refractivity contribution in [2.45, 2.75) is 0 Å². The summed E-state index contributed by atoms with van der Waals surface area (Å²) >= 11 is 0. The Bertz CT molecular complexity index is 3220. The lowest BCUT2D eigenvalue weighted by molar-refractivity contribution is 0.654. The van der Waals surface area contributed by atoms with Crippen LogP contribution in [0.4, 0.5) is 0 Å². The third-order valence-electron chi connectivity index (χ3n) is 10.3. The normalized spacial score (nSPS) is 11.7. The number of rotatable bonds is 5. The van der Waals surface area contributed by atoms with Gasteiger partial charge in [-0.1, -0.05) is 133 Å². The molecule has 0 saturated carbocycles. The first-order valence-electron chi connectivity index (χ1n) is 17.9. The summed E-state index contributed by atoms with van der Waals surface area (Å²) in [7, 11) is 0. The van der Waals surface area contributed by atoms with Gasteiger partial charge in [0.2, 0.25) is 5.71 Å². The molecule has 0 spiro atoms. The number of fused-ring (bicyclic) bond motifs is 7. The van der Waals surface area contributed by atoms with Crippen LogP contribution < -0.4 is 0 Å². The summed E-state index contributed by atoms with van der Waals surface area (Å²) in [5.74, 6) is 1.76. The van der Waals surface area contributed by atoms with Gasteiger partial charge >= 0.3 is 0 Å². The van der Waals surface area contributed by atoms with Gasteiger partial charge in [-0.05, 0) is 63.4 Å². The van der Waals surface area contributed by atoms with E-state index in [4.69, 9.17) is 23.8 Å². The molecule has 0 atom stereocenters. The summed E-state index contributed by atoms with van der Waals surface area (Å²) in [5, 5.41) is 6.47. The molecule has 11 rings (SSSR count). The minimum atomic E-state index is 0.571. The van der Waals surface area contributed by atoms with Crippen molar-refractivity contribution in [2.75, 3.05) is 0 Å². The lowest BCUT2D eigenvalue weighted by Crippen LogP contribution is -2.00. The Balaban J connectivity index is 1.03. The van der Waals surface area contributed by atoms with Crippen LogP contribution in [0.3, 0.4) is 0 Å². The van der Waals surface area contributed by atoms with Crippen molar-refractivity contribution in [3.05, 3.63) is 170 Å². The van der Waals surface area contributed by atoms with Gasteiger partial charge < -0.3 is 8.83 Å². The summed E-state index contributed by atoms with van der Waals surface area (Å²) in [4.78, 5) is 19.5.